The Balaban J connectivity index is 1.82. The minimum atomic E-state index is -0.735. The van der Waals surface area contributed by atoms with Gasteiger partial charge in [-0.15, -0.1) is 0 Å². The minimum Gasteiger partial charge on any atom is -0.385 e. The van der Waals surface area contributed by atoms with Crippen LogP contribution in [0.4, 0.5) is 0 Å². The lowest BCUT2D eigenvalue weighted by molar-refractivity contribution is -0.132. The van der Waals surface area contributed by atoms with Crippen LogP contribution in [0.25, 0.3) is 11.1 Å². The third-order valence-electron chi connectivity index (χ3n) is 6.61. The molecule has 132 valence electrons. The Kier molecular flexibility index (Phi) is 4.42. The Labute approximate surface area is 156 Å². The number of rotatable bonds is 2. The number of benzene rings is 2. The van der Waals surface area contributed by atoms with Gasteiger partial charge in [0, 0.05) is 5.02 Å². The van der Waals surface area contributed by atoms with Crippen LogP contribution >= 0.6 is 11.6 Å². The summed E-state index contributed by atoms with van der Waals surface area (Å²) in [7, 11) is 0. The lowest BCUT2D eigenvalue weighted by atomic mass is 9.55. The molecule has 0 heterocycles. The van der Waals surface area contributed by atoms with Gasteiger partial charge in [-0.05, 0) is 78.2 Å². The van der Waals surface area contributed by atoms with Crippen LogP contribution in [0.5, 0.6) is 0 Å². The molecule has 0 radical (unpaired) electrons. The van der Waals surface area contributed by atoms with E-state index < -0.39 is 5.60 Å². The second kappa shape index (κ2) is 6.45. The first-order valence-electron chi connectivity index (χ1n) is 9.56. The average Bonchev–Trinajstić information content (AvgIpc) is 2.60. The smallest absolute Gasteiger partial charge is 0.0956 e. The normalized spacial score (nSPS) is 34.7. The standard InChI is InChI=1S/C23H27ClO/c1-15-11-17-13-16(2)23(25,19(12-15)14-17)22-6-4-3-5-21(22)18-7-9-20(24)10-8-18/h3-10,15-17,19,25H,11-14H2,1-2H3. The zero-order chi connectivity index (χ0) is 17.6. The quantitative estimate of drug-likeness (QED) is 0.672. The van der Waals surface area contributed by atoms with E-state index in [1.807, 2.05) is 12.1 Å². The fourth-order valence-electron chi connectivity index (χ4n) is 5.58. The van der Waals surface area contributed by atoms with Crippen LogP contribution in [0, 0.1) is 23.7 Å². The highest BCUT2D eigenvalue weighted by Gasteiger charge is 2.51. The lowest BCUT2D eigenvalue weighted by Crippen LogP contribution is -2.49. The van der Waals surface area contributed by atoms with Gasteiger partial charge in [0.25, 0.3) is 0 Å². The van der Waals surface area contributed by atoms with Crippen LogP contribution < -0.4 is 0 Å². The van der Waals surface area contributed by atoms with Gasteiger partial charge in [0.1, 0.15) is 0 Å². The highest BCUT2D eigenvalue weighted by molar-refractivity contribution is 6.30. The predicted octanol–water partition coefficient (Wildman–Crippen LogP) is 6.29. The van der Waals surface area contributed by atoms with E-state index in [9.17, 15) is 5.11 Å². The minimum absolute atomic E-state index is 0.289. The highest BCUT2D eigenvalue weighted by atomic mass is 35.5. The maximum absolute atomic E-state index is 12.0. The summed E-state index contributed by atoms with van der Waals surface area (Å²) in [6.45, 7) is 4.59. The summed E-state index contributed by atoms with van der Waals surface area (Å²) in [5.74, 6) is 2.15. The first-order chi connectivity index (χ1) is 12.0. The Hall–Kier alpha value is -1.31. The van der Waals surface area contributed by atoms with Gasteiger partial charge >= 0.3 is 0 Å². The van der Waals surface area contributed by atoms with Crippen LogP contribution in [0.3, 0.4) is 0 Å². The Morgan fingerprint density at radius 2 is 1.64 bits per heavy atom. The summed E-state index contributed by atoms with van der Waals surface area (Å²) in [5.41, 5.74) is 2.64. The number of hydrogen-bond acceptors (Lipinski definition) is 1. The van der Waals surface area contributed by atoms with Crippen LogP contribution in [-0.4, -0.2) is 5.11 Å². The molecule has 2 aromatic carbocycles. The monoisotopic (exact) mass is 354 g/mol. The van der Waals surface area contributed by atoms with E-state index in [0.717, 1.165) is 40.5 Å². The van der Waals surface area contributed by atoms with Gasteiger partial charge < -0.3 is 5.11 Å². The van der Waals surface area contributed by atoms with Crippen molar-refractivity contribution in [1.82, 2.24) is 0 Å². The summed E-state index contributed by atoms with van der Waals surface area (Å²) in [5, 5.41) is 12.8. The largest absolute Gasteiger partial charge is 0.385 e. The van der Waals surface area contributed by atoms with Crippen LogP contribution in [0.1, 0.15) is 45.1 Å². The van der Waals surface area contributed by atoms with Gasteiger partial charge in [-0.1, -0.05) is 61.8 Å². The van der Waals surface area contributed by atoms with Crippen LogP contribution in [-0.2, 0) is 5.60 Å². The van der Waals surface area contributed by atoms with Crippen molar-refractivity contribution in [2.45, 2.75) is 45.1 Å². The summed E-state index contributed by atoms with van der Waals surface area (Å²) in [6, 6.07) is 16.4. The molecule has 2 aliphatic carbocycles. The molecule has 5 unspecified atom stereocenters. The van der Waals surface area contributed by atoms with E-state index in [1.54, 1.807) is 0 Å². The van der Waals surface area contributed by atoms with Crippen molar-refractivity contribution in [2.75, 3.05) is 0 Å². The Morgan fingerprint density at radius 1 is 0.920 bits per heavy atom. The van der Waals surface area contributed by atoms with Crippen molar-refractivity contribution in [1.29, 1.82) is 0 Å². The van der Waals surface area contributed by atoms with Crippen molar-refractivity contribution in [2.24, 2.45) is 23.7 Å². The second-order valence-electron chi connectivity index (χ2n) is 8.39. The number of halogens is 1. The van der Waals surface area contributed by atoms with E-state index in [1.165, 1.54) is 12.8 Å². The van der Waals surface area contributed by atoms with Crippen LogP contribution in [0.2, 0.25) is 5.02 Å². The third-order valence-corrected chi connectivity index (χ3v) is 6.87. The maximum Gasteiger partial charge on any atom is 0.0956 e. The SMILES string of the molecule is CC1CC2CC(C)C(O)(c3ccccc3-c3ccc(Cl)cc3)C(C1)C2. The molecule has 0 amide bonds. The molecule has 2 saturated carbocycles. The first-order valence-corrected chi connectivity index (χ1v) is 9.94. The maximum atomic E-state index is 12.0. The molecule has 0 spiro atoms. The molecule has 1 N–H and O–H groups in total. The van der Waals surface area contributed by atoms with E-state index in [0.29, 0.717) is 11.8 Å². The molecule has 2 aromatic rings. The molecule has 25 heavy (non-hydrogen) atoms. The van der Waals surface area contributed by atoms with E-state index in [-0.39, 0.29) is 5.92 Å². The molecular formula is C23H27ClO. The Bertz CT molecular complexity index is 749. The zero-order valence-corrected chi connectivity index (χ0v) is 15.8. The zero-order valence-electron chi connectivity index (χ0n) is 15.1. The fraction of sp³-hybridized carbons (Fsp3) is 0.478. The molecule has 0 aromatic heterocycles. The molecular weight excluding hydrogens is 328 g/mol. The number of aliphatic hydroxyl groups is 1. The van der Waals surface area contributed by atoms with Gasteiger partial charge in [-0.25, -0.2) is 0 Å². The van der Waals surface area contributed by atoms with Crippen molar-refractivity contribution in [3.05, 3.63) is 59.1 Å². The molecule has 0 aliphatic heterocycles. The summed E-state index contributed by atoms with van der Waals surface area (Å²) < 4.78 is 0. The van der Waals surface area contributed by atoms with E-state index in [2.05, 4.69) is 50.2 Å². The van der Waals surface area contributed by atoms with Gasteiger partial charge in [0.05, 0.1) is 5.60 Å². The van der Waals surface area contributed by atoms with Gasteiger partial charge in [-0.2, -0.15) is 0 Å². The molecule has 1 nitrogen and oxygen atoms in total. The molecule has 2 bridgehead atoms. The number of hydrogen-bond donors (Lipinski definition) is 1. The lowest BCUT2D eigenvalue weighted by Gasteiger charge is -2.52. The Morgan fingerprint density at radius 3 is 2.40 bits per heavy atom. The number of fused-ring (bicyclic) bond motifs is 2. The molecule has 0 saturated heterocycles. The summed E-state index contributed by atoms with van der Waals surface area (Å²) >= 11 is 6.07. The molecule has 5 atom stereocenters. The average molecular weight is 355 g/mol. The highest BCUT2D eigenvalue weighted by Crippen LogP contribution is 2.55. The van der Waals surface area contributed by atoms with E-state index >= 15 is 0 Å². The van der Waals surface area contributed by atoms with E-state index in [4.69, 9.17) is 11.6 Å². The van der Waals surface area contributed by atoms with Gasteiger partial charge in [0.15, 0.2) is 0 Å². The van der Waals surface area contributed by atoms with Crippen LogP contribution in [0.15, 0.2) is 48.5 Å². The molecule has 2 aliphatic rings. The van der Waals surface area contributed by atoms with Crippen molar-refractivity contribution in [3.63, 3.8) is 0 Å². The third kappa shape index (κ3) is 2.92. The summed E-state index contributed by atoms with van der Waals surface area (Å²) in [4.78, 5) is 0. The molecule has 2 heteroatoms. The first kappa shape index (κ1) is 17.1. The van der Waals surface area contributed by atoms with Gasteiger partial charge in [0.2, 0.25) is 0 Å². The van der Waals surface area contributed by atoms with Crippen molar-refractivity contribution in [3.8, 4) is 11.1 Å². The molecule has 4 rings (SSSR count). The van der Waals surface area contributed by atoms with Gasteiger partial charge in [-0.3, -0.25) is 0 Å². The fourth-order valence-corrected chi connectivity index (χ4v) is 5.70. The van der Waals surface area contributed by atoms with Crippen molar-refractivity contribution >= 4 is 11.6 Å². The van der Waals surface area contributed by atoms with Crippen molar-refractivity contribution < 1.29 is 5.11 Å². The predicted molar refractivity (Wildman–Crippen MR) is 105 cm³/mol. The topological polar surface area (TPSA) is 20.2 Å². The second-order valence-corrected chi connectivity index (χ2v) is 8.83. The molecule has 2 fully saturated rings. The summed E-state index contributed by atoms with van der Waals surface area (Å²) in [6.07, 6.45) is 4.76.